The minimum atomic E-state index is 0.404. The Hall–Kier alpha value is -0.900. The lowest BCUT2D eigenvalue weighted by Gasteiger charge is -2.11. The maximum absolute atomic E-state index is 4.10. The molecule has 0 aliphatic heterocycles. The van der Waals surface area contributed by atoms with E-state index < -0.39 is 0 Å². The third-order valence-corrected chi connectivity index (χ3v) is 2.46. The fourth-order valence-electron chi connectivity index (χ4n) is 1.36. The molecule has 1 aromatic rings. The van der Waals surface area contributed by atoms with Crippen molar-refractivity contribution < 1.29 is 0 Å². The molecule has 1 atom stereocenters. The van der Waals surface area contributed by atoms with E-state index in [1.54, 1.807) is 12.7 Å². The highest BCUT2D eigenvalue weighted by Crippen LogP contribution is 2.27. The zero-order valence-corrected chi connectivity index (χ0v) is 7.98. The van der Waals surface area contributed by atoms with Gasteiger partial charge in [0.25, 0.3) is 0 Å². The fourth-order valence-corrected chi connectivity index (χ4v) is 1.36. The zero-order chi connectivity index (χ0) is 9.10. The van der Waals surface area contributed by atoms with Crippen molar-refractivity contribution in [2.24, 2.45) is 5.92 Å². The lowest BCUT2D eigenvalue weighted by Crippen LogP contribution is -2.25. The van der Waals surface area contributed by atoms with Crippen molar-refractivity contribution in [1.82, 2.24) is 20.1 Å². The summed E-state index contributed by atoms with van der Waals surface area (Å²) in [6.07, 6.45) is 6.16. The van der Waals surface area contributed by atoms with Crippen LogP contribution in [0.2, 0.25) is 0 Å². The lowest BCUT2D eigenvalue weighted by molar-refractivity contribution is 0.448. The topological polar surface area (TPSA) is 42.7 Å². The molecule has 1 aromatic heterocycles. The Balaban J connectivity index is 1.68. The standard InChI is InChI=1S/C9H16N4/c1-8(13-7-11-6-12-13)4-10-5-9-2-3-9/h6-10H,2-5H2,1H3. The van der Waals surface area contributed by atoms with E-state index in [1.165, 1.54) is 19.4 Å². The number of hydrogen-bond donors (Lipinski definition) is 1. The van der Waals surface area contributed by atoms with Gasteiger partial charge in [-0.1, -0.05) is 0 Å². The largest absolute Gasteiger partial charge is 0.314 e. The van der Waals surface area contributed by atoms with Crippen LogP contribution in [0, 0.1) is 5.92 Å². The van der Waals surface area contributed by atoms with Crippen LogP contribution in [0.1, 0.15) is 25.8 Å². The van der Waals surface area contributed by atoms with Gasteiger partial charge in [-0.3, -0.25) is 0 Å². The van der Waals surface area contributed by atoms with E-state index in [2.05, 4.69) is 22.3 Å². The molecule has 1 saturated carbocycles. The summed E-state index contributed by atoms with van der Waals surface area (Å²) >= 11 is 0. The molecular weight excluding hydrogens is 164 g/mol. The monoisotopic (exact) mass is 180 g/mol. The maximum Gasteiger partial charge on any atom is 0.137 e. The average molecular weight is 180 g/mol. The first kappa shape index (κ1) is 8.69. The van der Waals surface area contributed by atoms with Gasteiger partial charge in [-0.05, 0) is 32.2 Å². The van der Waals surface area contributed by atoms with Gasteiger partial charge in [0.05, 0.1) is 6.04 Å². The van der Waals surface area contributed by atoms with Crippen LogP contribution in [0.3, 0.4) is 0 Å². The number of hydrogen-bond acceptors (Lipinski definition) is 3. The fraction of sp³-hybridized carbons (Fsp3) is 0.778. The average Bonchev–Trinajstić information content (AvgIpc) is 2.80. The molecule has 0 spiro atoms. The molecule has 2 rings (SSSR count). The van der Waals surface area contributed by atoms with Crippen molar-refractivity contribution in [3.05, 3.63) is 12.7 Å². The van der Waals surface area contributed by atoms with Crippen molar-refractivity contribution in [3.63, 3.8) is 0 Å². The first-order valence-corrected chi connectivity index (χ1v) is 4.91. The molecule has 0 bridgehead atoms. The molecule has 1 fully saturated rings. The summed E-state index contributed by atoms with van der Waals surface area (Å²) in [6, 6.07) is 0.404. The van der Waals surface area contributed by atoms with Crippen LogP contribution in [0.15, 0.2) is 12.7 Å². The van der Waals surface area contributed by atoms with Crippen LogP contribution in [-0.2, 0) is 0 Å². The van der Waals surface area contributed by atoms with Crippen LogP contribution in [0.25, 0.3) is 0 Å². The molecule has 1 heterocycles. The summed E-state index contributed by atoms with van der Waals surface area (Å²) in [7, 11) is 0. The van der Waals surface area contributed by atoms with Gasteiger partial charge in [0, 0.05) is 6.54 Å². The summed E-state index contributed by atoms with van der Waals surface area (Å²) in [5, 5.41) is 7.54. The SMILES string of the molecule is CC(CNCC1CC1)n1cncn1. The van der Waals surface area contributed by atoms with E-state index in [-0.39, 0.29) is 0 Å². The van der Waals surface area contributed by atoms with Gasteiger partial charge in [-0.15, -0.1) is 0 Å². The zero-order valence-electron chi connectivity index (χ0n) is 7.98. The Morgan fingerprint density at radius 2 is 2.46 bits per heavy atom. The molecule has 0 radical (unpaired) electrons. The number of nitrogens with one attached hydrogen (secondary N) is 1. The molecule has 4 heteroatoms. The Labute approximate surface area is 78.4 Å². The first-order valence-electron chi connectivity index (χ1n) is 4.91. The van der Waals surface area contributed by atoms with Crippen LogP contribution in [0.4, 0.5) is 0 Å². The Morgan fingerprint density at radius 3 is 3.08 bits per heavy atom. The molecule has 0 amide bonds. The normalized spacial score (nSPS) is 18.8. The summed E-state index contributed by atoms with van der Waals surface area (Å²) in [5.74, 6) is 0.947. The molecule has 0 aromatic carbocycles. The summed E-state index contributed by atoms with van der Waals surface area (Å²) < 4.78 is 1.89. The highest BCUT2D eigenvalue weighted by Gasteiger charge is 2.20. The van der Waals surface area contributed by atoms with Gasteiger partial charge in [-0.2, -0.15) is 5.10 Å². The molecule has 0 saturated heterocycles. The predicted octanol–water partition coefficient (Wildman–Crippen LogP) is 0.839. The minimum absolute atomic E-state index is 0.404. The smallest absolute Gasteiger partial charge is 0.137 e. The van der Waals surface area contributed by atoms with Crippen molar-refractivity contribution in [2.45, 2.75) is 25.8 Å². The van der Waals surface area contributed by atoms with Gasteiger partial charge in [0.2, 0.25) is 0 Å². The highest BCUT2D eigenvalue weighted by molar-refractivity contribution is 4.76. The van der Waals surface area contributed by atoms with Crippen LogP contribution in [-0.4, -0.2) is 27.9 Å². The van der Waals surface area contributed by atoms with E-state index in [1.807, 2.05) is 4.68 Å². The number of aromatic nitrogens is 3. The van der Waals surface area contributed by atoms with Gasteiger partial charge in [-0.25, -0.2) is 9.67 Å². The summed E-state index contributed by atoms with van der Waals surface area (Å²) in [4.78, 5) is 3.92. The van der Waals surface area contributed by atoms with Crippen molar-refractivity contribution in [2.75, 3.05) is 13.1 Å². The van der Waals surface area contributed by atoms with Crippen molar-refractivity contribution >= 4 is 0 Å². The quantitative estimate of drug-likeness (QED) is 0.730. The molecular formula is C9H16N4. The van der Waals surface area contributed by atoms with E-state index in [9.17, 15) is 0 Å². The van der Waals surface area contributed by atoms with Crippen LogP contribution in [0.5, 0.6) is 0 Å². The van der Waals surface area contributed by atoms with Gasteiger partial charge >= 0.3 is 0 Å². The van der Waals surface area contributed by atoms with E-state index in [0.29, 0.717) is 6.04 Å². The third-order valence-electron chi connectivity index (χ3n) is 2.46. The minimum Gasteiger partial charge on any atom is -0.314 e. The second-order valence-corrected chi connectivity index (χ2v) is 3.83. The Morgan fingerprint density at radius 1 is 1.62 bits per heavy atom. The number of rotatable bonds is 5. The van der Waals surface area contributed by atoms with Gasteiger partial charge in [0.15, 0.2) is 0 Å². The van der Waals surface area contributed by atoms with Gasteiger partial charge in [0.1, 0.15) is 12.7 Å². The molecule has 1 unspecified atom stereocenters. The van der Waals surface area contributed by atoms with Crippen molar-refractivity contribution in [1.29, 1.82) is 0 Å². The number of nitrogens with zero attached hydrogens (tertiary/aromatic N) is 3. The Kier molecular flexibility index (Phi) is 2.59. The summed E-state index contributed by atoms with van der Waals surface area (Å²) in [6.45, 7) is 4.30. The molecule has 4 nitrogen and oxygen atoms in total. The van der Waals surface area contributed by atoms with Crippen LogP contribution < -0.4 is 5.32 Å². The third kappa shape index (κ3) is 2.52. The van der Waals surface area contributed by atoms with Crippen molar-refractivity contribution in [3.8, 4) is 0 Å². The van der Waals surface area contributed by atoms with Crippen LogP contribution >= 0.6 is 0 Å². The Bertz CT molecular complexity index is 240. The predicted molar refractivity (Wildman–Crippen MR) is 50.3 cm³/mol. The van der Waals surface area contributed by atoms with Gasteiger partial charge < -0.3 is 5.32 Å². The lowest BCUT2D eigenvalue weighted by atomic mass is 10.3. The second-order valence-electron chi connectivity index (χ2n) is 3.83. The molecule has 72 valence electrons. The molecule has 1 N–H and O–H groups in total. The second kappa shape index (κ2) is 3.87. The molecule has 1 aliphatic carbocycles. The van der Waals surface area contributed by atoms with E-state index in [4.69, 9.17) is 0 Å². The first-order chi connectivity index (χ1) is 6.36. The molecule has 13 heavy (non-hydrogen) atoms. The van der Waals surface area contributed by atoms with E-state index >= 15 is 0 Å². The highest BCUT2D eigenvalue weighted by atomic mass is 15.3. The van der Waals surface area contributed by atoms with E-state index in [0.717, 1.165) is 12.5 Å². The summed E-state index contributed by atoms with van der Waals surface area (Å²) in [5.41, 5.74) is 0. The maximum atomic E-state index is 4.10. The molecule has 1 aliphatic rings.